The maximum absolute atomic E-state index is 12.6. The Labute approximate surface area is 341 Å². The highest BCUT2D eigenvalue weighted by Crippen LogP contribution is 2.70. The molecule has 0 amide bonds. The Bertz CT molecular complexity index is 1520. The lowest BCUT2D eigenvalue weighted by Crippen LogP contribution is -2.67. The molecule has 0 aromatic carbocycles. The fraction of sp³-hybridized carbons (Fsp3) is 0.907. The molecular formula is C43H66O15. The second-order valence-electron chi connectivity index (χ2n) is 19.4. The largest absolute Gasteiger partial charge is 0.458 e. The third-order valence-electron chi connectivity index (χ3n) is 16.2. The average molecular weight is 823 g/mol. The smallest absolute Gasteiger partial charge is 0.331 e. The van der Waals surface area contributed by atoms with E-state index in [0.29, 0.717) is 18.8 Å². The first-order chi connectivity index (χ1) is 27.4. The van der Waals surface area contributed by atoms with Crippen molar-refractivity contribution in [2.24, 2.45) is 34.5 Å². The van der Waals surface area contributed by atoms with E-state index >= 15 is 0 Å². The Hall–Kier alpha value is -1.76. The molecule has 4 aliphatic heterocycles. The summed E-state index contributed by atoms with van der Waals surface area (Å²) in [4.78, 5) is 23.4. The van der Waals surface area contributed by atoms with Crippen molar-refractivity contribution in [1.29, 1.82) is 0 Å². The van der Waals surface area contributed by atoms with Gasteiger partial charge in [-0.2, -0.15) is 0 Å². The lowest BCUT2D eigenvalue weighted by molar-refractivity contribution is -0.336. The highest BCUT2D eigenvalue weighted by Gasteiger charge is 2.71. The van der Waals surface area contributed by atoms with Crippen LogP contribution < -0.4 is 0 Å². The van der Waals surface area contributed by atoms with Crippen molar-refractivity contribution in [3.8, 4) is 0 Å². The molecule has 0 aromatic heterocycles. The van der Waals surface area contributed by atoms with E-state index in [1.807, 2.05) is 13.8 Å². The molecule has 4 aliphatic carbocycles. The zero-order chi connectivity index (χ0) is 41.5. The molecule has 0 spiro atoms. The second kappa shape index (κ2) is 16.2. The van der Waals surface area contributed by atoms with Crippen LogP contribution in [-0.4, -0.2) is 136 Å². The summed E-state index contributed by atoms with van der Waals surface area (Å²) in [5.74, 6) is -0.339. The van der Waals surface area contributed by atoms with Gasteiger partial charge in [0.1, 0.15) is 18.8 Å². The van der Waals surface area contributed by atoms with E-state index in [1.54, 1.807) is 19.9 Å². The summed E-state index contributed by atoms with van der Waals surface area (Å²) >= 11 is 0. The molecule has 21 atom stereocenters. The molecule has 15 nitrogen and oxygen atoms in total. The van der Waals surface area contributed by atoms with E-state index in [2.05, 4.69) is 6.92 Å². The highest BCUT2D eigenvalue weighted by atomic mass is 16.7. The summed E-state index contributed by atoms with van der Waals surface area (Å²) in [6.07, 6.45) is -1.64. The highest BCUT2D eigenvalue weighted by molar-refractivity contribution is 5.85. The van der Waals surface area contributed by atoms with Gasteiger partial charge in [0.05, 0.1) is 54.4 Å². The number of cyclic esters (lactones) is 1. The standard InChI is InChI=1S/C43H66O15/c1-20-38(55-23(4)44)30(45)17-36(53-20)57-40-22(3)54-37(18-32(40)47)58-39-21(2)52-35(16-31(39)46)56-26-9-11-41(5)25(14-26)7-8-28-29(41)15-33(48)42(6)27(10-12-43(28,42)50)24-13-34(49)51-19-24/h13,20-22,25-33,35-40,45-48,50H,7-12,14-19H2,1-6H3/t20-,21+,22+,25-,26-,27-,28-,29+,30+,31+,32+,33+,35+,36+,37+,38-,39-,40-,41-,42-,43-/m0/s1. The van der Waals surface area contributed by atoms with Crippen molar-refractivity contribution in [3.05, 3.63) is 11.6 Å². The zero-order valence-corrected chi connectivity index (χ0v) is 34.8. The van der Waals surface area contributed by atoms with E-state index in [1.165, 1.54) is 6.92 Å². The number of hydrogen-bond donors (Lipinski definition) is 5. The van der Waals surface area contributed by atoms with Crippen molar-refractivity contribution in [2.75, 3.05) is 6.61 Å². The van der Waals surface area contributed by atoms with Crippen LogP contribution in [0.25, 0.3) is 0 Å². The van der Waals surface area contributed by atoms with Crippen LogP contribution in [0.2, 0.25) is 0 Å². The molecule has 0 bridgehead atoms. The molecule has 15 heteroatoms. The van der Waals surface area contributed by atoms with Gasteiger partial charge in [0.15, 0.2) is 25.0 Å². The van der Waals surface area contributed by atoms with Crippen molar-refractivity contribution < 1.29 is 73.0 Å². The second-order valence-corrected chi connectivity index (χ2v) is 19.4. The minimum absolute atomic E-state index is 0.0551. The van der Waals surface area contributed by atoms with Gasteiger partial charge in [-0.15, -0.1) is 0 Å². The molecule has 0 unspecified atom stereocenters. The van der Waals surface area contributed by atoms with Crippen molar-refractivity contribution in [2.45, 2.75) is 204 Å². The molecule has 0 radical (unpaired) electrons. The van der Waals surface area contributed by atoms with Gasteiger partial charge in [-0.1, -0.05) is 13.8 Å². The Morgan fingerprint density at radius 1 is 0.724 bits per heavy atom. The first-order valence-corrected chi connectivity index (χ1v) is 21.8. The van der Waals surface area contributed by atoms with E-state index in [-0.39, 0.29) is 61.1 Å². The zero-order valence-electron chi connectivity index (χ0n) is 34.8. The first-order valence-electron chi connectivity index (χ1n) is 21.8. The van der Waals surface area contributed by atoms with E-state index in [0.717, 1.165) is 44.1 Å². The van der Waals surface area contributed by atoms with E-state index in [4.69, 9.17) is 37.9 Å². The summed E-state index contributed by atoms with van der Waals surface area (Å²) in [7, 11) is 0. The number of aliphatic hydroxyl groups excluding tert-OH is 4. The number of rotatable bonds is 8. The molecule has 3 saturated heterocycles. The minimum atomic E-state index is -1.02. The molecule has 5 N–H and O–H groups in total. The normalized spacial score (nSPS) is 53.2. The summed E-state index contributed by atoms with van der Waals surface area (Å²) < 4.78 is 47.6. The predicted molar refractivity (Wildman–Crippen MR) is 202 cm³/mol. The Morgan fingerprint density at radius 2 is 1.29 bits per heavy atom. The number of fused-ring (bicyclic) bond motifs is 5. The number of aliphatic hydroxyl groups is 5. The summed E-state index contributed by atoms with van der Waals surface area (Å²) in [6.45, 7) is 11.2. The SMILES string of the molecule is CC(=O)O[C@@H]1[C@H](O)C[C@@H](O[C@@H]2[C@H](O)C[C@@H](O[C@@H]3[C@H](O)C[C@@H](O[C@H]4CC[C@@]5(C)[C@@H](CC[C@H]6[C@H]5C[C@@H](O)[C@]5(C)[C@H](C7=CC(=O)OC7)CC[C@]65O)C4)O[C@@H]3C)O[C@@H]2C)O[C@H]1C. The van der Waals surface area contributed by atoms with Gasteiger partial charge in [0.2, 0.25) is 0 Å². The quantitative estimate of drug-likeness (QED) is 0.176. The Morgan fingerprint density at radius 3 is 1.83 bits per heavy atom. The van der Waals surface area contributed by atoms with Gasteiger partial charge in [-0.25, -0.2) is 4.79 Å². The summed E-state index contributed by atoms with van der Waals surface area (Å²) in [6, 6.07) is 0. The average Bonchev–Trinajstić information content (AvgIpc) is 3.70. The monoisotopic (exact) mass is 822 g/mol. The van der Waals surface area contributed by atoms with Crippen LogP contribution >= 0.6 is 0 Å². The Kier molecular flexibility index (Phi) is 12.0. The fourth-order valence-corrected chi connectivity index (χ4v) is 13.1. The molecule has 0 aromatic rings. The van der Waals surface area contributed by atoms with Gasteiger partial charge in [0.25, 0.3) is 0 Å². The van der Waals surface area contributed by atoms with Gasteiger partial charge in [-0.05, 0) is 107 Å². The van der Waals surface area contributed by atoms with Crippen molar-refractivity contribution in [3.63, 3.8) is 0 Å². The third-order valence-corrected chi connectivity index (χ3v) is 16.2. The Balaban J connectivity index is 0.823. The topological polar surface area (TPSA) is 209 Å². The van der Waals surface area contributed by atoms with Crippen LogP contribution in [0.4, 0.5) is 0 Å². The third kappa shape index (κ3) is 7.49. The van der Waals surface area contributed by atoms with Crippen LogP contribution in [0.3, 0.4) is 0 Å². The van der Waals surface area contributed by atoms with E-state index < -0.39 is 96.9 Å². The van der Waals surface area contributed by atoms with Crippen LogP contribution in [-0.2, 0) is 47.5 Å². The minimum Gasteiger partial charge on any atom is -0.458 e. The molecule has 8 rings (SSSR count). The lowest BCUT2D eigenvalue weighted by Gasteiger charge is -2.65. The van der Waals surface area contributed by atoms with Crippen LogP contribution in [0.5, 0.6) is 0 Å². The molecule has 7 fully saturated rings. The van der Waals surface area contributed by atoms with Crippen LogP contribution in [0, 0.1) is 34.5 Å². The number of hydrogen-bond acceptors (Lipinski definition) is 15. The van der Waals surface area contributed by atoms with Gasteiger partial charge >= 0.3 is 11.9 Å². The van der Waals surface area contributed by atoms with Gasteiger partial charge in [-0.3, -0.25) is 4.79 Å². The molecule has 4 saturated carbocycles. The van der Waals surface area contributed by atoms with Crippen LogP contribution in [0.1, 0.15) is 112 Å². The van der Waals surface area contributed by atoms with E-state index in [9.17, 15) is 35.1 Å². The first kappa shape index (κ1) is 42.9. The van der Waals surface area contributed by atoms with Gasteiger partial charge in [0, 0.05) is 37.7 Å². The number of carbonyl (C=O) groups excluding carboxylic acids is 2. The predicted octanol–water partition coefficient (Wildman–Crippen LogP) is 2.79. The molecule has 58 heavy (non-hydrogen) atoms. The van der Waals surface area contributed by atoms with Crippen molar-refractivity contribution in [1.82, 2.24) is 0 Å². The van der Waals surface area contributed by atoms with Gasteiger partial charge < -0.3 is 63.4 Å². The number of ether oxygens (including phenoxy) is 8. The molecular weight excluding hydrogens is 756 g/mol. The molecule has 8 aliphatic rings. The number of esters is 2. The lowest BCUT2D eigenvalue weighted by atomic mass is 9.42. The maximum Gasteiger partial charge on any atom is 0.331 e. The summed E-state index contributed by atoms with van der Waals surface area (Å²) in [5.41, 5.74) is -0.916. The maximum atomic E-state index is 12.6. The number of carbonyl (C=O) groups is 2. The fourth-order valence-electron chi connectivity index (χ4n) is 13.1. The van der Waals surface area contributed by atoms with Crippen LogP contribution in [0.15, 0.2) is 11.6 Å². The molecule has 328 valence electrons. The van der Waals surface area contributed by atoms with Crippen molar-refractivity contribution >= 4 is 11.9 Å². The molecule has 4 heterocycles. The summed E-state index contributed by atoms with van der Waals surface area (Å²) in [5, 5.41) is 57.5.